The van der Waals surface area contributed by atoms with E-state index in [1.807, 2.05) is 11.8 Å². The van der Waals surface area contributed by atoms with Gasteiger partial charge < -0.3 is 19.3 Å². The molecule has 0 saturated carbocycles. The minimum absolute atomic E-state index is 0.0899. The van der Waals surface area contributed by atoms with Gasteiger partial charge in [-0.3, -0.25) is 4.79 Å². The van der Waals surface area contributed by atoms with Gasteiger partial charge in [-0.1, -0.05) is 30.1 Å². The third-order valence-electron chi connectivity index (χ3n) is 4.89. The number of carbonyl (C=O) groups excluding carboxylic acids is 1. The summed E-state index contributed by atoms with van der Waals surface area (Å²) in [7, 11) is 2.09. The summed E-state index contributed by atoms with van der Waals surface area (Å²) in [6.07, 6.45) is 2.48. The van der Waals surface area contributed by atoms with Crippen LogP contribution in [-0.2, 0) is 4.74 Å². The van der Waals surface area contributed by atoms with Gasteiger partial charge in [-0.2, -0.15) is 0 Å². The van der Waals surface area contributed by atoms with Crippen LogP contribution in [-0.4, -0.2) is 61.3 Å². The topological polar surface area (TPSA) is 42.0 Å². The van der Waals surface area contributed by atoms with Crippen LogP contribution >= 0.6 is 23.2 Å². The second-order valence-electron chi connectivity index (χ2n) is 6.67. The fourth-order valence-electron chi connectivity index (χ4n) is 3.46. The monoisotopic (exact) mass is 386 g/mol. The molecule has 1 spiro atoms. The molecule has 0 bridgehead atoms. The van der Waals surface area contributed by atoms with Crippen molar-refractivity contribution in [1.29, 1.82) is 0 Å². The summed E-state index contributed by atoms with van der Waals surface area (Å²) in [6, 6.07) is 3.28. The molecule has 2 aliphatic rings. The molecule has 0 N–H and O–H groups in total. The fraction of sp³-hybridized carbons (Fsp3) is 0.611. The summed E-state index contributed by atoms with van der Waals surface area (Å²) in [5.74, 6) is 0.348. The molecular formula is C18H24Cl2N2O3. The lowest BCUT2D eigenvalue weighted by atomic mass is 9.98. The Kier molecular flexibility index (Phi) is 5.78. The lowest BCUT2D eigenvalue weighted by Gasteiger charge is -2.42. The number of piperidine rings is 1. The van der Waals surface area contributed by atoms with Gasteiger partial charge in [0, 0.05) is 38.0 Å². The van der Waals surface area contributed by atoms with Crippen molar-refractivity contribution in [1.82, 2.24) is 9.80 Å². The van der Waals surface area contributed by atoms with Crippen molar-refractivity contribution in [2.75, 3.05) is 39.9 Å². The molecule has 2 aliphatic heterocycles. The highest BCUT2D eigenvalue weighted by Gasteiger charge is 2.46. The molecule has 138 valence electrons. The number of amides is 1. The number of benzene rings is 1. The Balaban J connectivity index is 1.83. The smallest absolute Gasteiger partial charge is 0.256 e. The van der Waals surface area contributed by atoms with Crippen LogP contribution in [0.3, 0.4) is 0 Å². The van der Waals surface area contributed by atoms with Crippen molar-refractivity contribution in [2.24, 2.45) is 0 Å². The van der Waals surface area contributed by atoms with E-state index in [1.54, 1.807) is 12.1 Å². The first-order valence-electron chi connectivity index (χ1n) is 8.73. The maximum absolute atomic E-state index is 13.1. The van der Waals surface area contributed by atoms with Crippen LogP contribution < -0.4 is 4.74 Å². The molecule has 2 saturated heterocycles. The van der Waals surface area contributed by atoms with Crippen LogP contribution in [0.25, 0.3) is 0 Å². The molecule has 0 unspecified atom stereocenters. The molecule has 1 amide bonds. The van der Waals surface area contributed by atoms with E-state index < -0.39 is 5.72 Å². The predicted molar refractivity (Wildman–Crippen MR) is 98.7 cm³/mol. The highest BCUT2D eigenvalue weighted by molar-refractivity contribution is 6.37. The highest BCUT2D eigenvalue weighted by Crippen LogP contribution is 2.38. The Morgan fingerprint density at radius 3 is 2.48 bits per heavy atom. The lowest BCUT2D eigenvalue weighted by molar-refractivity contribution is -0.102. The maximum Gasteiger partial charge on any atom is 0.256 e. The number of carbonyl (C=O) groups is 1. The zero-order valence-electron chi connectivity index (χ0n) is 14.7. The Morgan fingerprint density at radius 1 is 1.24 bits per heavy atom. The molecule has 2 fully saturated rings. The van der Waals surface area contributed by atoms with Crippen LogP contribution in [0.2, 0.25) is 10.0 Å². The largest absolute Gasteiger partial charge is 0.490 e. The average Bonchev–Trinajstić information content (AvgIpc) is 2.99. The van der Waals surface area contributed by atoms with Crippen molar-refractivity contribution in [2.45, 2.75) is 31.9 Å². The molecule has 5 nitrogen and oxygen atoms in total. The summed E-state index contributed by atoms with van der Waals surface area (Å²) in [5.41, 5.74) is -0.0254. The van der Waals surface area contributed by atoms with Gasteiger partial charge in [0.25, 0.3) is 5.91 Å². The van der Waals surface area contributed by atoms with Crippen molar-refractivity contribution in [3.05, 3.63) is 27.7 Å². The number of hydrogen-bond acceptors (Lipinski definition) is 4. The quantitative estimate of drug-likeness (QED) is 0.791. The molecule has 1 aromatic rings. The number of halogens is 2. The van der Waals surface area contributed by atoms with Crippen molar-refractivity contribution in [3.63, 3.8) is 0 Å². The predicted octanol–water partition coefficient (Wildman–Crippen LogP) is 3.68. The van der Waals surface area contributed by atoms with E-state index in [9.17, 15) is 4.79 Å². The SMILES string of the molecule is CCCOc1c(Cl)cc(C(=O)N2CCOC23CCN(C)CC3)cc1Cl. The third-order valence-corrected chi connectivity index (χ3v) is 5.45. The fourth-order valence-corrected chi connectivity index (χ4v) is 4.05. The second-order valence-corrected chi connectivity index (χ2v) is 7.49. The molecule has 0 aliphatic carbocycles. The zero-order chi connectivity index (χ0) is 18.0. The summed E-state index contributed by atoms with van der Waals surface area (Å²) >= 11 is 12.6. The van der Waals surface area contributed by atoms with Crippen LogP contribution in [0.5, 0.6) is 5.75 Å². The van der Waals surface area contributed by atoms with Crippen molar-refractivity contribution >= 4 is 29.1 Å². The Morgan fingerprint density at radius 2 is 1.88 bits per heavy atom. The summed E-state index contributed by atoms with van der Waals surface area (Å²) in [4.78, 5) is 17.2. The van der Waals surface area contributed by atoms with Gasteiger partial charge in [-0.05, 0) is 25.6 Å². The van der Waals surface area contributed by atoms with E-state index in [1.165, 1.54) is 0 Å². The standard InChI is InChI=1S/C18H24Cl2N2O3/c1-3-9-24-16-14(19)11-13(12-15(16)20)17(23)22-8-10-25-18(22)4-6-21(2)7-5-18/h11-12H,3-10H2,1-2H3. The molecule has 25 heavy (non-hydrogen) atoms. The molecule has 0 radical (unpaired) electrons. The van der Waals surface area contributed by atoms with Crippen LogP contribution in [0.4, 0.5) is 0 Å². The molecule has 0 atom stereocenters. The first kappa shape index (κ1) is 18.8. The molecule has 1 aromatic carbocycles. The van der Waals surface area contributed by atoms with Crippen molar-refractivity contribution < 1.29 is 14.3 Å². The third kappa shape index (κ3) is 3.75. The van der Waals surface area contributed by atoms with E-state index in [4.69, 9.17) is 32.7 Å². The Bertz CT molecular complexity index is 622. The maximum atomic E-state index is 13.1. The number of rotatable bonds is 4. The lowest BCUT2D eigenvalue weighted by Crippen LogP contribution is -2.54. The van der Waals surface area contributed by atoms with Crippen LogP contribution in [0.15, 0.2) is 12.1 Å². The highest BCUT2D eigenvalue weighted by atomic mass is 35.5. The van der Waals surface area contributed by atoms with Crippen LogP contribution in [0, 0.1) is 0 Å². The molecule has 7 heteroatoms. The van der Waals surface area contributed by atoms with Gasteiger partial charge in [0.1, 0.15) is 5.72 Å². The molecular weight excluding hydrogens is 363 g/mol. The van der Waals surface area contributed by atoms with E-state index in [0.29, 0.717) is 41.1 Å². The first-order valence-corrected chi connectivity index (χ1v) is 9.49. The molecule has 3 rings (SSSR count). The van der Waals surface area contributed by atoms with Gasteiger partial charge in [-0.15, -0.1) is 0 Å². The number of nitrogens with zero attached hydrogens (tertiary/aromatic N) is 2. The van der Waals surface area contributed by atoms with Crippen LogP contribution in [0.1, 0.15) is 36.5 Å². The summed E-state index contributed by atoms with van der Waals surface area (Å²) < 4.78 is 11.6. The van der Waals surface area contributed by atoms with Gasteiger partial charge in [0.15, 0.2) is 5.75 Å². The zero-order valence-corrected chi connectivity index (χ0v) is 16.2. The normalized spacial score (nSPS) is 20.2. The van der Waals surface area contributed by atoms with Gasteiger partial charge in [-0.25, -0.2) is 0 Å². The van der Waals surface area contributed by atoms with Crippen molar-refractivity contribution in [3.8, 4) is 5.75 Å². The molecule has 0 aromatic heterocycles. The van der Waals surface area contributed by atoms with E-state index in [2.05, 4.69) is 11.9 Å². The number of ether oxygens (including phenoxy) is 2. The summed E-state index contributed by atoms with van der Waals surface area (Å²) in [6.45, 7) is 5.52. The van der Waals surface area contributed by atoms with E-state index >= 15 is 0 Å². The minimum atomic E-state index is -0.500. The van der Waals surface area contributed by atoms with Gasteiger partial charge in [0.2, 0.25) is 0 Å². The average molecular weight is 387 g/mol. The van der Waals surface area contributed by atoms with E-state index in [0.717, 1.165) is 32.4 Å². The number of likely N-dealkylation sites (tertiary alicyclic amines) is 1. The minimum Gasteiger partial charge on any atom is -0.490 e. The number of hydrogen-bond donors (Lipinski definition) is 0. The molecule has 2 heterocycles. The first-order chi connectivity index (χ1) is 12.0. The van der Waals surface area contributed by atoms with E-state index in [-0.39, 0.29) is 5.91 Å². The van der Waals surface area contributed by atoms with Gasteiger partial charge >= 0.3 is 0 Å². The van der Waals surface area contributed by atoms with Gasteiger partial charge in [0.05, 0.1) is 23.3 Å². The Labute approximate surface area is 158 Å². The summed E-state index contributed by atoms with van der Waals surface area (Å²) in [5, 5.41) is 0.726. The second kappa shape index (κ2) is 7.70. The Hall–Kier alpha value is -1.01.